The molecule has 0 unspecified atom stereocenters. The standard InChI is InChI=1S/C14H17NO2/c1-10-4-2-3-5-11(10)6-7-14(17)15-12-8-13(16)9-12/h2-7,12-13,16H,8-9H2,1H3,(H,15,17). The third-order valence-corrected chi connectivity index (χ3v) is 3.06. The number of amides is 1. The van der Waals surface area contributed by atoms with E-state index in [0.717, 1.165) is 11.1 Å². The van der Waals surface area contributed by atoms with Crippen LogP contribution < -0.4 is 5.32 Å². The van der Waals surface area contributed by atoms with Crippen molar-refractivity contribution in [1.29, 1.82) is 0 Å². The van der Waals surface area contributed by atoms with Gasteiger partial charge in [-0.05, 0) is 37.0 Å². The van der Waals surface area contributed by atoms with Crippen LogP contribution in [0.2, 0.25) is 0 Å². The maximum absolute atomic E-state index is 11.6. The topological polar surface area (TPSA) is 49.3 Å². The number of hydrogen-bond donors (Lipinski definition) is 2. The first-order chi connectivity index (χ1) is 8.15. The van der Waals surface area contributed by atoms with Crippen LogP contribution in [0, 0.1) is 6.92 Å². The first-order valence-electron chi connectivity index (χ1n) is 5.87. The van der Waals surface area contributed by atoms with E-state index in [1.54, 1.807) is 6.08 Å². The van der Waals surface area contributed by atoms with Crippen LogP contribution in [0.5, 0.6) is 0 Å². The van der Waals surface area contributed by atoms with Gasteiger partial charge in [-0.2, -0.15) is 0 Å². The van der Waals surface area contributed by atoms with Crippen LogP contribution in [-0.2, 0) is 4.79 Å². The number of rotatable bonds is 3. The van der Waals surface area contributed by atoms with E-state index in [1.165, 1.54) is 0 Å². The van der Waals surface area contributed by atoms with E-state index in [9.17, 15) is 4.79 Å². The van der Waals surface area contributed by atoms with Gasteiger partial charge in [0.2, 0.25) is 5.91 Å². The Kier molecular flexibility index (Phi) is 3.59. The highest BCUT2D eigenvalue weighted by atomic mass is 16.3. The van der Waals surface area contributed by atoms with E-state index in [1.807, 2.05) is 37.3 Å². The van der Waals surface area contributed by atoms with Gasteiger partial charge >= 0.3 is 0 Å². The average molecular weight is 231 g/mol. The van der Waals surface area contributed by atoms with Gasteiger partial charge in [-0.3, -0.25) is 4.79 Å². The van der Waals surface area contributed by atoms with E-state index in [4.69, 9.17) is 5.11 Å². The van der Waals surface area contributed by atoms with Crippen molar-refractivity contribution in [3.05, 3.63) is 41.5 Å². The number of carbonyl (C=O) groups excluding carboxylic acids is 1. The fourth-order valence-corrected chi connectivity index (χ4v) is 1.89. The highest BCUT2D eigenvalue weighted by molar-refractivity contribution is 5.92. The van der Waals surface area contributed by atoms with Crippen LogP contribution >= 0.6 is 0 Å². The smallest absolute Gasteiger partial charge is 0.244 e. The molecule has 0 spiro atoms. The minimum absolute atomic E-state index is 0.0925. The van der Waals surface area contributed by atoms with Crippen LogP contribution in [-0.4, -0.2) is 23.2 Å². The van der Waals surface area contributed by atoms with E-state index in [-0.39, 0.29) is 18.1 Å². The molecule has 1 aromatic carbocycles. The summed E-state index contributed by atoms with van der Waals surface area (Å²) >= 11 is 0. The first-order valence-corrected chi connectivity index (χ1v) is 5.87. The van der Waals surface area contributed by atoms with Crippen LogP contribution in [0.3, 0.4) is 0 Å². The zero-order valence-electron chi connectivity index (χ0n) is 9.89. The molecule has 0 saturated heterocycles. The third kappa shape index (κ3) is 3.17. The summed E-state index contributed by atoms with van der Waals surface area (Å²) in [6.07, 6.45) is 4.47. The van der Waals surface area contributed by atoms with Crippen molar-refractivity contribution < 1.29 is 9.90 Å². The maximum Gasteiger partial charge on any atom is 0.244 e. The Labute approximate surface area is 101 Å². The molecule has 3 nitrogen and oxygen atoms in total. The molecule has 1 aliphatic carbocycles. The van der Waals surface area contributed by atoms with Crippen LogP contribution in [0.15, 0.2) is 30.3 Å². The van der Waals surface area contributed by atoms with Crippen molar-refractivity contribution in [2.45, 2.75) is 31.9 Å². The van der Waals surface area contributed by atoms with Gasteiger partial charge in [0.1, 0.15) is 0 Å². The molecule has 1 saturated carbocycles. The zero-order valence-corrected chi connectivity index (χ0v) is 9.89. The van der Waals surface area contributed by atoms with E-state index < -0.39 is 0 Å². The normalized spacial score (nSPS) is 23.4. The van der Waals surface area contributed by atoms with Gasteiger partial charge in [-0.1, -0.05) is 24.3 Å². The second-order valence-electron chi connectivity index (χ2n) is 4.52. The van der Waals surface area contributed by atoms with Crippen molar-refractivity contribution in [2.24, 2.45) is 0 Å². The second kappa shape index (κ2) is 5.15. The molecular weight excluding hydrogens is 214 g/mol. The molecule has 90 valence electrons. The van der Waals surface area contributed by atoms with E-state index >= 15 is 0 Å². The molecule has 1 fully saturated rings. The average Bonchev–Trinajstić information content (AvgIpc) is 2.26. The predicted octanol–water partition coefficient (Wildman–Crippen LogP) is 1.65. The number of aliphatic hydroxyl groups excluding tert-OH is 1. The summed E-state index contributed by atoms with van der Waals surface area (Å²) in [6, 6.07) is 8.06. The lowest BCUT2D eigenvalue weighted by atomic mass is 9.89. The Balaban J connectivity index is 1.88. The first kappa shape index (κ1) is 11.9. The quantitative estimate of drug-likeness (QED) is 0.777. The van der Waals surface area contributed by atoms with E-state index in [0.29, 0.717) is 12.8 Å². The minimum Gasteiger partial charge on any atom is -0.393 e. The molecule has 0 radical (unpaired) electrons. The number of aliphatic hydroxyl groups is 1. The third-order valence-electron chi connectivity index (χ3n) is 3.06. The number of aryl methyl sites for hydroxylation is 1. The number of benzene rings is 1. The lowest BCUT2D eigenvalue weighted by Crippen LogP contribution is -2.46. The molecule has 0 aliphatic heterocycles. The molecule has 1 amide bonds. The minimum atomic E-state index is -0.236. The summed E-state index contributed by atoms with van der Waals surface area (Å²) in [5, 5.41) is 12.0. The van der Waals surface area contributed by atoms with Crippen molar-refractivity contribution in [3.63, 3.8) is 0 Å². The van der Waals surface area contributed by atoms with Gasteiger partial charge in [0.25, 0.3) is 0 Å². The summed E-state index contributed by atoms with van der Waals surface area (Å²) in [4.78, 5) is 11.6. The molecule has 2 N–H and O–H groups in total. The molecule has 0 heterocycles. The molecule has 0 atom stereocenters. The largest absolute Gasteiger partial charge is 0.393 e. The Morgan fingerprint density at radius 1 is 1.41 bits per heavy atom. The monoisotopic (exact) mass is 231 g/mol. The van der Waals surface area contributed by atoms with Gasteiger partial charge in [-0.15, -0.1) is 0 Å². The van der Waals surface area contributed by atoms with Gasteiger partial charge in [0.15, 0.2) is 0 Å². The maximum atomic E-state index is 11.6. The fraction of sp³-hybridized carbons (Fsp3) is 0.357. The lowest BCUT2D eigenvalue weighted by molar-refractivity contribution is -0.118. The summed E-state index contributed by atoms with van der Waals surface area (Å²) in [5.74, 6) is -0.0925. The van der Waals surface area contributed by atoms with Gasteiger partial charge in [-0.25, -0.2) is 0 Å². The van der Waals surface area contributed by atoms with Crippen molar-refractivity contribution >= 4 is 12.0 Å². The van der Waals surface area contributed by atoms with Crippen molar-refractivity contribution in [2.75, 3.05) is 0 Å². The number of hydrogen-bond acceptors (Lipinski definition) is 2. The molecule has 17 heavy (non-hydrogen) atoms. The molecule has 1 aromatic rings. The van der Waals surface area contributed by atoms with Crippen LogP contribution in [0.25, 0.3) is 6.08 Å². The van der Waals surface area contributed by atoms with Crippen LogP contribution in [0.4, 0.5) is 0 Å². The van der Waals surface area contributed by atoms with Crippen molar-refractivity contribution in [3.8, 4) is 0 Å². The molecule has 2 rings (SSSR count). The SMILES string of the molecule is Cc1ccccc1C=CC(=O)NC1CC(O)C1. The Morgan fingerprint density at radius 2 is 2.12 bits per heavy atom. The van der Waals surface area contributed by atoms with Gasteiger partial charge < -0.3 is 10.4 Å². The Hall–Kier alpha value is -1.61. The molecule has 0 bridgehead atoms. The number of nitrogens with one attached hydrogen (secondary N) is 1. The van der Waals surface area contributed by atoms with Gasteiger partial charge in [0, 0.05) is 12.1 Å². The van der Waals surface area contributed by atoms with Crippen molar-refractivity contribution in [1.82, 2.24) is 5.32 Å². The Morgan fingerprint density at radius 3 is 2.76 bits per heavy atom. The highest BCUT2D eigenvalue weighted by Crippen LogP contribution is 2.19. The number of carbonyl (C=O) groups is 1. The summed E-state index contributed by atoms with van der Waals surface area (Å²) in [6.45, 7) is 2.01. The van der Waals surface area contributed by atoms with Gasteiger partial charge in [0.05, 0.1) is 6.10 Å². The van der Waals surface area contributed by atoms with E-state index in [2.05, 4.69) is 5.32 Å². The second-order valence-corrected chi connectivity index (χ2v) is 4.52. The molecule has 1 aliphatic rings. The predicted molar refractivity (Wildman–Crippen MR) is 67.4 cm³/mol. The fourth-order valence-electron chi connectivity index (χ4n) is 1.89. The molecule has 3 heteroatoms. The lowest BCUT2D eigenvalue weighted by Gasteiger charge is -2.31. The summed E-state index contributed by atoms with van der Waals surface area (Å²) < 4.78 is 0. The highest BCUT2D eigenvalue weighted by Gasteiger charge is 2.27. The molecular formula is C14H17NO2. The Bertz CT molecular complexity index is 434. The summed E-state index contributed by atoms with van der Waals surface area (Å²) in [7, 11) is 0. The zero-order chi connectivity index (χ0) is 12.3. The molecule has 0 aromatic heterocycles. The summed E-state index contributed by atoms with van der Waals surface area (Å²) in [5.41, 5.74) is 2.20. The van der Waals surface area contributed by atoms with Crippen LogP contribution in [0.1, 0.15) is 24.0 Å².